The quantitative estimate of drug-likeness (QED) is 0.335. The molecule has 0 aliphatic heterocycles. The summed E-state index contributed by atoms with van der Waals surface area (Å²) in [6, 6.07) is 10.8. The van der Waals surface area contributed by atoms with E-state index < -0.39 is 35.5 Å². The number of furan rings is 1. The van der Waals surface area contributed by atoms with Gasteiger partial charge in [0.05, 0.1) is 0 Å². The van der Waals surface area contributed by atoms with Crippen molar-refractivity contribution in [3.8, 4) is 0 Å². The van der Waals surface area contributed by atoms with Crippen LogP contribution in [0.5, 0.6) is 0 Å². The van der Waals surface area contributed by atoms with E-state index in [2.05, 4.69) is 10.6 Å². The minimum absolute atomic E-state index is 0.0639. The van der Waals surface area contributed by atoms with E-state index >= 15 is 0 Å². The molecule has 2 aromatic rings. The minimum Gasteiger partial charge on any atom is -0.455 e. The van der Waals surface area contributed by atoms with Crippen molar-refractivity contribution in [2.75, 3.05) is 6.54 Å². The molecule has 0 saturated heterocycles. The third-order valence-electron chi connectivity index (χ3n) is 4.48. The summed E-state index contributed by atoms with van der Waals surface area (Å²) in [5.74, 6) is -2.39. The SMILES string of the molecule is CC(C)(C)OC(=O)NCCCCC(NC(=O)c1ccc(C(=O)OCc2ccccc2)o1)C(N)=O. The molecule has 1 aromatic carbocycles. The highest BCUT2D eigenvalue weighted by Gasteiger charge is 2.22. The number of carbonyl (C=O) groups excluding carboxylic acids is 4. The molecule has 184 valence electrons. The van der Waals surface area contributed by atoms with Crippen molar-refractivity contribution in [1.29, 1.82) is 0 Å². The van der Waals surface area contributed by atoms with Gasteiger partial charge in [-0.3, -0.25) is 9.59 Å². The summed E-state index contributed by atoms with van der Waals surface area (Å²) >= 11 is 0. The molecule has 0 aliphatic carbocycles. The van der Waals surface area contributed by atoms with E-state index in [0.29, 0.717) is 19.4 Å². The predicted octanol–water partition coefficient (Wildman–Crippen LogP) is 2.92. The second kappa shape index (κ2) is 12.4. The number of hydrogen-bond acceptors (Lipinski definition) is 7. The Morgan fingerprint density at radius 1 is 1.00 bits per heavy atom. The lowest BCUT2D eigenvalue weighted by molar-refractivity contribution is -0.120. The molecule has 10 nitrogen and oxygen atoms in total. The molecule has 1 aromatic heterocycles. The first-order chi connectivity index (χ1) is 16.0. The number of ether oxygens (including phenoxy) is 2. The van der Waals surface area contributed by atoms with Gasteiger partial charge in [-0.05, 0) is 57.7 Å². The Balaban J connectivity index is 1.78. The van der Waals surface area contributed by atoms with Gasteiger partial charge in [0.15, 0.2) is 5.76 Å². The lowest BCUT2D eigenvalue weighted by Crippen LogP contribution is -2.44. The molecule has 10 heteroatoms. The number of esters is 1. The molecule has 1 atom stereocenters. The summed E-state index contributed by atoms with van der Waals surface area (Å²) in [6.07, 6.45) is 0.808. The highest BCUT2D eigenvalue weighted by Crippen LogP contribution is 2.12. The van der Waals surface area contributed by atoms with Crippen molar-refractivity contribution in [2.45, 2.75) is 58.3 Å². The lowest BCUT2D eigenvalue weighted by Gasteiger charge is -2.19. The van der Waals surface area contributed by atoms with Crippen LogP contribution in [-0.4, -0.2) is 42.1 Å². The molecule has 3 amide bonds. The van der Waals surface area contributed by atoms with Gasteiger partial charge in [0, 0.05) is 6.54 Å². The van der Waals surface area contributed by atoms with E-state index in [0.717, 1.165) is 5.56 Å². The van der Waals surface area contributed by atoms with Crippen LogP contribution >= 0.6 is 0 Å². The fourth-order valence-electron chi connectivity index (χ4n) is 2.86. The van der Waals surface area contributed by atoms with Gasteiger partial charge >= 0.3 is 12.1 Å². The number of primary amides is 1. The maximum absolute atomic E-state index is 12.4. The lowest BCUT2D eigenvalue weighted by atomic mass is 10.1. The Kier molecular flexibility index (Phi) is 9.66. The molecule has 0 spiro atoms. The minimum atomic E-state index is -0.937. The van der Waals surface area contributed by atoms with Crippen LogP contribution in [0.1, 0.15) is 66.7 Å². The smallest absolute Gasteiger partial charge is 0.407 e. The van der Waals surface area contributed by atoms with Gasteiger partial charge in [-0.15, -0.1) is 0 Å². The van der Waals surface area contributed by atoms with Crippen molar-refractivity contribution in [3.63, 3.8) is 0 Å². The van der Waals surface area contributed by atoms with E-state index in [9.17, 15) is 19.2 Å². The van der Waals surface area contributed by atoms with Gasteiger partial charge in [-0.25, -0.2) is 9.59 Å². The Hall–Kier alpha value is -3.82. The van der Waals surface area contributed by atoms with Gasteiger partial charge in [0.2, 0.25) is 11.7 Å². The molecule has 0 saturated carbocycles. The van der Waals surface area contributed by atoms with Crippen molar-refractivity contribution in [3.05, 3.63) is 59.5 Å². The van der Waals surface area contributed by atoms with Gasteiger partial charge in [-0.2, -0.15) is 0 Å². The second-order valence-electron chi connectivity index (χ2n) is 8.58. The zero-order valence-corrected chi connectivity index (χ0v) is 19.6. The zero-order valence-electron chi connectivity index (χ0n) is 19.6. The summed E-state index contributed by atoms with van der Waals surface area (Å²) in [7, 11) is 0. The molecule has 0 radical (unpaired) electrons. The molecular formula is C24H31N3O7. The Morgan fingerprint density at radius 3 is 2.32 bits per heavy atom. The van der Waals surface area contributed by atoms with Crippen LogP contribution < -0.4 is 16.4 Å². The van der Waals surface area contributed by atoms with E-state index in [1.54, 1.807) is 20.8 Å². The largest absolute Gasteiger partial charge is 0.455 e. The first kappa shape index (κ1) is 26.4. The van der Waals surface area contributed by atoms with Crippen LogP contribution in [0.4, 0.5) is 4.79 Å². The maximum Gasteiger partial charge on any atom is 0.407 e. The number of rotatable bonds is 11. The normalized spacial score (nSPS) is 11.9. The highest BCUT2D eigenvalue weighted by atomic mass is 16.6. The van der Waals surface area contributed by atoms with Crippen LogP contribution in [0.2, 0.25) is 0 Å². The van der Waals surface area contributed by atoms with Crippen molar-refractivity contribution < 1.29 is 33.1 Å². The number of amides is 3. The second-order valence-corrected chi connectivity index (χ2v) is 8.58. The van der Waals surface area contributed by atoms with E-state index in [1.165, 1.54) is 12.1 Å². The monoisotopic (exact) mass is 473 g/mol. The van der Waals surface area contributed by atoms with Crippen molar-refractivity contribution in [2.24, 2.45) is 5.73 Å². The third kappa shape index (κ3) is 9.35. The third-order valence-corrected chi connectivity index (χ3v) is 4.48. The number of nitrogens with one attached hydrogen (secondary N) is 2. The average Bonchev–Trinajstić information content (AvgIpc) is 3.26. The Morgan fingerprint density at radius 2 is 1.68 bits per heavy atom. The number of benzene rings is 1. The standard InChI is InChI=1S/C24H31N3O7/c1-24(2,3)34-23(31)26-14-8-7-11-17(20(25)28)27-21(29)18-12-13-19(33-18)22(30)32-15-16-9-5-4-6-10-16/h4-6,9-10,12-13,17H,7-8,11,14-15H2,1-3H3,(H2,25,28)(H,26,31)(H,27,29). The number of carbonyl (C=O) groups is 4. The molecule has 0 bridgehead atoms. The van der Waals surface area contributed by atoms with Crippen molar-refractivity contribution >= 4 is 23.9 Å². The molecule has 4 N–H and O–H groups in total. The topological polar surface area (TPSA) is 150 Å². The zero-order chi connectivity index (χ0) is 25.1. The van der Waals surface area contributed by atoms with E-state index in [1.807, 2.05) is 30.3 Å². The summed E-state index contributed by atoms with van der Waals surface area (Å²) < 4.78 is 15.6. The summed E-state index contributed by atoms with van der Waals surface area (Å²) in [5, 5.41) is 5.12. The van der Waals surface area contributed by atoms with Gasteiger partial charge in [0.25, 0.3) is 5.91 Å². The fraction of sp³-hybridized carbons (Fsp3) is 0.417. The van der Waals surface area contributed by atoms with Gasteiger partial charge in [0.1, 0.15) is 18.2 Å². The van der Waals surface area contributed by atoms with Crippen LogP contribution in [0.3, 0.4) is 0 Å². The summed E-state index contributed by atoms with van der Waals surface area (Å²) in [5.41, 5.74) is 5.62. The van der Waals surface area contributed by atoms with Gasteiger partial charge < -0.3 is 30.3 Å². The summed E-state index contributed by atoms with van der Waals surface area (Å²) in [6.45, 7) is 5.71. The molecule has 2 rings (SSSR count). The molecule has 0 aliphatic rings. The number of nitrogens with two attached hydrogens (primary N) is 1. The number of alkyl carbamates (subject to hydrolysis) is 1. The number of hydrogen-bond donors (Lipinski definition) is 3. The van der Waals surface area contributed by atoms with Crippen LogP contribution in [0.25, 0.3) is 0 Å². The Labute approximate surface area is 198 Å². The Bertz CT molecular complexity index is 980. The van der Waals surface area contributed by atoms with Crippen LogP contribution in [-0.2, 0) is 20.9 Å². The molecule has 1 heterocycles. The van der Waals surface area contributed by atoms with Gasteiger partial charge in [-0.1, -0.05) is 30.3 Å². The van der Waals surface area contributed by atoms with Crippen molar-refractivity contribution in [1.82, 2.24) is 10.6 Å². The fourth-order valence-corrected chi connectivity index (χ4v) is 2.86. The summed E-state index contributed by atoms with van der Waals surface area (Å²) in [4.78, 5) is 48.0. The first-order valence-electron chi connectivity index (χ1n) is 10.9. The van der Waals surface area contributed by atoms with Crippen LogP contribution in [0, 0.1) is 0 Å². The molecule has 0 fully saturated rings. The molecular weight excluding hydrogens is 442 g/mol. The molecule has 1 unspecified atom stereocenters. The van der Waals surface area contributed by atoms with E-state index in [-0.39, 0.29) is 24.5 Å². The number of unbranched alkanes of at least 4 members (excludes halogenated alkanes) is 1. The van der Waals surface area contributed by atoms with E-state index in [4.69, 9.17) is 19.6 Å². The highest BCUT2D eigenvalue weighted by molar-refractivity contribution is 5.96. The van der Waals surface area contributed by atoms with Crippen LogP contribution in [0.15, 0.2) is 46.9 Å². The average molecular weight is 474 g/mol. The maximum atomic E-state index is 12.4. The predicted molar refractivity (Wildman–Crippen MR) is 123 cm³/mol. The molecule has 34 heavy (non-hydrogen) atoms. The first-order valence-corrected chi connectivity index (χ1v) is 10.9.